The number of rotatable bonds is 8. The Morgan fingerprint density at radius 1 is 1.04 bits per heavy atom. The molecule has 0 radical (unpaired) electrons. The molecular formula is C23H29BrN2O2. The molecule has 2 rings (SSSR count). The van der Waals surface area contributed by atoms with Gasteiger partial charge in [0.05, 0.1) is 6.42 Å². The fraction of sp³-hybridized carbons (Fsp3) is 0.391. The maximum atomic E-state index is 13.2. The van der Waals surface area contributed by atoms with Crippen LogP contribution in [0, 0.1) is 12.8 Å². The standard InChI is InChI=1S/C23H29BrN2O2/c1-16(2)14-25-23(28)18(4)26(15-19-9-11-21(24)12-10-19)22(27)13-20-8-6-5-7-17(20)3/h5-12,16,18H,13-15H2,1-4H3,(H,25,28)/t18-/m0/s1. The number of carbonyl (C=O) groups excluding carboxylic acids is 2. The summed E-state index contributed by atoms with van der Waals surface area (Å²) in [6.45, 7) is 8.89. The highest BCUT2D eigenvalue weighted by Crippen LogP contribution is 2.16. The molecule has 4 nitrogen and oxygen atoms in total. The predicted octanol–water partition coefficient (Wildman–Crippen LogP) is 4.49. The highest BCUT2D eigenvalue weighted by atomic mass is 79.9. The van der Waals surface area contributed by atoms with Crippen LogP contribution < -0.4 is 5.32 Å². The van der Waals surface area contributed by atoms with Crippen LogP contribution in [0.4, 0.5) is 0 Å². The second-order valence-corrected chi connectivity index (χ2v) is 8.48. The molecular weight excluding hydrogens is 416 g/mol. The molecule has 0 saturated carbocycles. The molecule has 150 valence electrons. The van der Waals surface area contributed by atoms with Crippen LogP contribution in [0.2, 0.25) is 0 Å². The predicted molar refractivity (Wildman–Crippen MR) is 117 cm³/mol. The molecule has 0 spiro atoms. The summed E-state index contributed by atoms with van der Waals surface area (Å²) in [6, 6.07) is 15.2. The average molecular weight is 445 g/mol. The van der Waals surface area contributed by atoms with Crippen molar-refractivity contribution in [3.05, 3.63) is 69.7 Å². The van der Waals surface area contributed by atoms with E-state index in [4.69, 9.17) is 0 Å². The Bertz CT molecular complexity index is 803. The number of amides is 2. The minimum absolute atomic E-state index is 0.0515. The van der Waals surface area contributed by atoms with E-state index in [1.165, 1.54) is 0 Å². The third-order valence-electron chi connectivity index (χ3n) is 4.72. The summed E-state index contributed by atoms with van der Waals surface area (Å²) in [5.41, 5.74) is 3.06. The van der Waals surface area contributed by atoms with Crippen molar-refractivity contribution >= 4 is 27.7 Å². The van der Waals surface area contributed by atoms with E-state index in [0.29, 0.717) is 19.0 Å². The molecule has 2 amide bonds. The molecule has 0 aliphatic rings. The van der Waals surface area contributed by atoms with E-state index >= 15 is 0 Å². The van der Waals surface area contributed by atoms with Crippen molar-refractivity contribution in [1.82, 2.24) is 10.2 Å². The highest BCUT2D eigenvalue weighted by molar-refractivity contribution is 9.10. The van der Waals surface area contributed by atoms with Crippen molar-refractivity contribution in [2.75, 3.05) is 6.54 Å². The van der Waals surface area contributed by atoms with Crippen LogP contribution in [-0.4, -0.2) is 29.3 Å². The quantitative estimate of drug-likeness (QED) is 0.651. The van der Waals surface area contributed by atoms with E-state index in [0.717, 1.165) is 21.2 Å². The van der Waals surface area contributed by atoms with Gasteiger partial charge < -0.3 is 10.2 Å². The maximum absolute atomic E-state index is 13.2. The third kappa shape index (κ3) is 6.48. The van der Waals surface area contributed by atoms with Crippen molar-refractivity contribution in [3.8, 4) is 0 Å². The molecule has 0 bridgehead atoms. The Labute approximate surface area is 176 Å². The van der Waals surface area contributed by atoms with Crippen LogP contribution in [0.3, 0.4) is 0 Å². The molecule has 0 aromatic heterocycles. The van der Waals surface area contributed by atoms with Gasteiger partial charge >= 0.3 is 0 Å². The van der Waals surface area contributed by atoms with Gasteiger partial charge in [0.1, 0.15) is 6.04 Å². The van der Waals surface area contributed by atoms with Crippen LogP contribution in [0.1, 0.15) is 37.5 Å². The molecule has 0 heterocycles. The number of benzene rings is 2. The van der Waals surface area contributed by atoms with Gasteiger partial charge in [0.15, 0.2) is 0 Å². The summed E-state index contributed by atoms with van der Waals surface area (Å²) in [5.74, 6) is 0.187. The molecule has 0 fully saturated rings. The summed E-state index contributed by atoms with van der Waals surface area (Å²) in [6.07, 6.45) is 0.283. The number of aryl methyl sites for hydroxylation is 1. The second-order valence-electron chi connectivity index (χ2n) is 7.57. The van der Waals surface area contributed by atoms with Gasteiger partial charge in [0.2, 0.25) is 11.8 Å². The number of nitrogens with zero attached hydrogens (tertiary/aromatic N) is 1. The van der Waals surface area contributed by atoms with E-state index in [2.05, 4.69) is 21.2 Å². The Hall–Kier alpha value is -2.14. The van der Waals surface area contributed by atoms with E-state index in [9.17, 15) is 9.59 Å². The first kappa shape index (κ1) is 22.2. The highest BCUT2D eigenvalue weighted by Gasteiger charge is 2.26. The van der Waals surface area contributed by atoms with Crippen molar-refractivity contribution in [2.24, 2.45) is 5.92 Å². The zero-order valence-corrected chi connectivity index (χ0v) is 18.6. The molecule has 0 saturated heterocycles. The average Bonchev–Trinajstić information content (AvgIpc) is 2.66. The van der Waals surface area contributed by atoms with Gasteiger partial charge in [0.25, 0.3) is 0 Å². The zero-order chi connectivity index (χ0) is 20.7. The van der Waals surface area contributed by atoms with E-state index in [1.807, 2.05) is 69.3 Å². The van der Waals surface area contributed by atoms with Crippen molar-refractivity contribution in [1.29, 1.82) is 0 Å². The number of halogens is 1. The molecule has 1 N–H and O–H groups in total. The lowest BCUT2D eigenvalue weighted by Gasteiger charge is -2.29. The van der Waals surface area contributed by atoms with Gasteiger partial charge in [-0.15, -0.1) is 0 Å². The monoisotopic (exact) mass is 444 g/mol. The van der Waals surface area contributed by atoms with Crippen molar-refractivity contribution < 1.29 is 9.59 Å². The molecule has 2 aromatic carbocycles. The summed E-state index contributed by atoms with van der Waals surface area (Å²) in [7, 11) is 0. The Balaban J connectivity index is 2.21. The Kier molecular flexibility index (Phi) is 8.24. The fourth-order valence-electron chi connectivity index (χ4n) is 2.89. The molecule has 0 unspecified atom stereocenters. The smallest absolute Gasteiger partial charge is 0.242 e. The number of hydrogen-bond acceptors (Lipinski definition) is 2. The number of nitrogens with one attached hydrogen (secondary N) is 1. The minimum Gasteiger partial charge on any atom is -0.354 e. The van der Waals surface area contributed by atoms with Gasteiger partial charge in [-0.2, -0.15) is 0 Å². The SMILES string of the molecule is Cc1ccccc1CC(=O)N(Cc1ccc(Br)cc1)[C@@H](C)C(=O)NCC(C)C. The molecule has 2 aromatic rings. The minimum atomic E-state index is -0.543. The molecule has 0 aliphatic carbocycles. The first-order valence-electron chi connectivity index (χ1n) is 9.64. The lowest BCUT2D eigenvalue weighted by atomic mass is 10.0. The first-order valence-corrected chi connectivity index (χ1v) is 10.4. The summed E-state index contributed by atoms with van der Waals surface area (Å²) >= 11 is 3.43. The van der Waals surface area contributed by atoms with Crippen LogP contribution in [0.15, 0.2) is 53.0 Å². The third-order valence-corrected chi connectivity index (χ3v) is 5.25. The van der Waals surface area contributed by atoms with Crippen LogP contribution >= 0.6 is 15.9 Å². The zero-order valence-electron chi connectivity index (χ0n) is 17.0. The second kappa shape index (κ2) is 10.4. The summed E-state index contributed by atoms with van der Waals surface area (Å²) in [4.78, 5) is 27.5. The van der Waals surface area contributed by atoms with E-state index in [-0.39, 0.29) is 18.2 Å². The Morgan fingerprint density at radius 3 is 2.29 bits per heavy atom. The van der Waals surface area contributed by atoms with Gasteiger partial charge in [0, 0.05) is 17.6 Å². The molecule has 1 atom stereocenters. The largest absolute Gasteiger partial charge is 0.354 e. The van der Waals surface area contributed by atoms with E-state index in [1.54, 1.807) is 11.8 Å². The van der Waals surface area contributed by atoms with Crippen LogP contribution in [0.5, 0.6) is 0 Å². The number of hydrogen-bond donors (Lipinski definition) is 1. The number of carbonyl (C=O) groups is 2. The lowest BCUT2D eigenvalue weighted by Crippen LogP contribution is -2.48. The summed E-state index contributed by atoms with van der Waals surface area (Å²) in [5, 5.41) is 2.95. The van der Waals surface area contributed by atoms with Gasteiger partial charge in [-0.3, -0.25) is 9.59 Å². The molecule has 0 aliphatic heterocycles. The molecule has 5 heteroatoms. The van der Waals surface area contributed by atoms with Crippen molar-refractivity contribution in [2.45, 2.75) is 46.7 Å². The van der Waals surface area contributed by atoms with E-state index < -0.39 is 6.04 Å². The van der Waals surface area contributed by atoms with Gasteiger partial charge in [-0.25, -0.2) is 0 Å². The topological polar surface area (TPSA) is 49.4 Å². The maximum Gasteiger partial charge on any atom is 0.242 e. The van der Waals surface area contributed by atoms with Crippen LogP contribution in [-0.2, 0) is 22.6 Å². The van der Waals surface area contributed by atoms with Crippen LogP contribution in [0.25, 0.3) is 0 Å². The van der Waals surface area contributed by atoms with Crippen molar-refractivity contribution in [3.63, 3.8) is 0 Å². The fourth-order valence-corrected chi connectivity index (χ4v) is 3.16. The van der Waals surface area contributed by atoms with Gasteiger partial charge in [-0.05, 0) is 48.6 Å². The lowest BCUT2D eigenvalue weighted by molar-refractivity contribution is -0.140. The summed E-state index contributed by atoms with van der Waals surface area (Å²) < 4.78 is 0.983. The molecule has 28 heavy (non-hydrogen) atoms. The first-order chi connectivity index (χ1) is 13.3. The normalized spacial score (nSPS) is 11.9. The Morgan fingerprint density at radius 2 is 1.68 bits per heavy atom. The van der Waals surface area contributed by atoms with Gasteiger partial charge in [-0.1, -0.05) is 66.2 Å².